The van der Waals surface area contributed by atoms with Crippen molar-refractivity contribution in [1.82, 2.24) is 0 Å². The van der Waals surface area contributed by atoms with Crippen molar-refractivity contribution < 1.29 is 33.6 Å². The molecule has 2 amide bonds. The maximum atomic E-state index is 12.3. The zero-order valence-electron chi connectivity index (χ0n) is 19.8. The van der Waals surface area contributed by atoms with Gasteiger partial charge in [-0.25, -0.2) is 0 Å². The van der Waals surface area contributed by atoms with Crippen molar-refractivity contribution in [2.45, 2.75) is 19.8 Å². The van der Waals surface area contributed by atoms with E-state index >= 15 is 0 Å². The number of nitrogens with zero attached hydrogens (tertiary/aromatic N) is 1. The Morgan fingerprint density at radius 1 is 0.784 bits per heavy atom. The average Bonchev–Trinajstić information content (AvgIpc) is 2.87. The predicted octanol–water partition coefficient (Wildman–Crippen LogP) is 4.49. The molecule has 0 saturated carbocycles. The molecule has 3 aromatic carbocycles. The van der Waals surface area contributed by atoms with Crippen LogP contribution in [0.2, 0.25) is 0 Å². The number of benzene rings is 3. The molecule has 0 spiro atoms. The number of ether oxygens (including phenoxy) is 2. The first-order valence-corrected chi connectivity index (χ1v) is 11.1. The number of carbonyl (C=O) groups excluding carboxylic acids is 4. The minimum absolute atomic E-state index is 0.0574. The van der Waals surface area contributed by atoms with Crippen LogP contribution in [0.25, 0.3) is 0 Å². The molecule has 0 aromatic heterocycles. The molecular formula is C26H23N3O8. The summed E-state index contributed by atoms with van der Waals surface area (Å²) in [5.74, 6) is -0.928. The van der Waals surface area contributed by atoms with Crippen LogP contribution < -0.4 is 15.4 Å². The summed E-state index contributed by atoms with van der Waals surface area (Å²) in [7, 11) is 0. The molecule has 2 N–H and O–H groups in total. The van der Waals surface area contributed by atoms with Crippen molar-refractivity contribution in [2.75, 3.05) is 17.2 Å². The molecule has 0 aliphatic carbocycles. The summed E-state index contributed by atoms with van der Waals surface area (Å²) in [6.45, 7) is 0.910. The van der Waals surface area contributed by atoms with E-state index in [4.69, 9.17) is 9.47 Å². The number of esters is 1. The minimum Gasteiger partial charge on any atom is -0.457 e. The van der Waals surface area contributed by atoms with Crippen LogP contribution in [0.3, 0.4) is 0 Å². The minimum atomic E-state index is -0.692. The van der Waals surface area contributed by atoms with Gasteiger partial charge in [0.2, 0.25) is 11.8 Å². The summed E-state index contributed by atoms with van der Waals surface area (Å²) in [5, 5.41) is 16.0. The second kappa shape index (κ2) is 12.6. The van der Waals surface area contributed by atoms with E-state index in [0.29, 0.717) is 28.4 Å². The third kappa shape index (κ3) is 8.58. The van der Waals surface area contributed by atoms with Crippen LogP contribution in [0.4, 0.5) is 17.1 Å². The van der Waals surface area contributed by atoms with Crippen LogP contribution in [0.1, 0.15) is 30.1 Å². The highest BCUT2D eigenvalue weighted by Crippen LogP contribution is 2.24. The van der Waals surface area contributed by atoms with Gasteiger partial charge in [-0.3, -0.25) is 29.3 Å². The smallest absolute Gasteiger partial charge is 0.306 e. The molecule has 11 heteroatoms. The Balaban J connectivity index is 1.39. The first kappa shape index (κ1) is 26.5. The van der Waals surface area contributed by atoms with Crippen molar-refractivity contribution in [3.63, 3.8) is 0 Å². The molecule has 11 nitrogen and oxygen atoms in total. The Hall–Kier alpha value is -5.06. The molecular weight excluding hydrogens is 482 g/mol. The molecule has 0 unspecified atom stereocenters. The molecule has 37 heavy (non-hydrogen) atoms. The lowest BCUT2D eigenvalue weighted by Gasteiger charge is -2.08. The van der Waals surface area contributed by atoms with E-state index in [1.807, 2.05) is 0 Å². The van der Waals surface area contributed by atoms with Gasteiger partial charge in [-0.15, -0.1) is 0 Å². The lowest BCUT2D eigenvalue weighted by molar-refractivity contribution is -0.384. The summed E-state index contributed by atoms with van der Waals surface area (Å²) in [4.78, 5) is 57.5. The van der Waals surface area contributed by atoms with Gasteiger partial charge in [0.25, 0.3) is 5.69 Å². The van der Waals surface area contributed by atoms with Crippen LogP contribution in [0, 0.1) is 10.1 Å². The Morgan fingerprint density at radius 2 is 1.32 bits per heavy atom. The number of carbonyl (C=O) groups is 4. The third-order valence-corrected chi connectivity index (χ3v) is 4.87. The number of hydrogen-bond donors (Lipinski definition) is 2. The molecule has 0 aliphatic rings. The average molecular weight is 505 g/mol. The second-order valence-electron chi connectivity index (χ2n) is 7.77. The summed E-state index contributed by atoms with van der Waals surface area (Å²) in [6.07, 6.45) is -0.333. The zero-order chi connectivity index (χ0) is 26.8. The van der Waals surface area contributed by atoms with E-state index in [1.165, 1.54) is 43.3 Å². The van der Waals surface area contributed by atoms with Gasteiger partial charge in [0, 0.05) is 42.4 Å². The largest absolute Gasteiger partial charge is 0.457 e. The molecule has 0 saturated heterocycles. The number of ketones is 1. The van der Waals surface area contributed by atoms with Crippen molar-refractivity contribution in [2.24, 2.45) is 0 Å². The zero-order valence-corrected chi connectivity index (χ0v) is 19.8. The van der Waals surface area contributed by atoms with Crippen LogP contribution in [0.5, 0.6) is 11.5 Å². The highest BCUT2D eigenvalue weighted by Gasteiger charge is 2.13. The van der Waals surface area contributed by atoms with E-state index in [0.717, 1.165) is 0 Å². The maximum Gasteiger partial charge on any atom is 0.306 e. The molecule has 3 aromatic rings. The molecule has 0 heterocycles. The Morgan fingerprint density at radius 3 is 1.86 bits per heavy atom. The number of nitro benzene ring substituents is 1. The number of amides is 2. The molecule has 0 fully saturated rings. The van der Waals surface area contributed by atoms with Crippen LogP contribution >= 0.6 is 0 Å². The number of non-ortho nitro benzene ring substituents is 1. The van der Waals surface area contributed by atoms with Crippen molar-refractivity contribution in [1.29, 1.82) is 0 Å². The fraction of sp³-hybridized carbons (Fsp3) is 0.154. The van der Waals surface area contributed by atoms with Gasteiger partial charge in [-0.05, 0) is 60.7 Å². The van der Waals surface area contributed by atoms with Crippen LogP contribution in [-0.4, -0.2) is 35.1 Å². The first-order valence-electron chi connectivity index (χ1n) is 11.1. The lowest BCUT2D eigenvalue weighted by Crippen LogP contribution is -2.17. The van der Waals surface area contributed by atoms with Gasteiger partial charge in [-0.1, -0.05) is 0 Å². The van der Waals surface area contributed by atoms with E-state index < -0.39 is 29.2 Å². The highest BCUT2D eigenvalue weighted by molar-refractivity contribution is 5.98. The maximum absolute atomic E-state index is 12.3. The lowest BCUT2D eigenvalue weighted by atomic mass is 10.1. The number of nitrogens with one attached hydrogen (secondary N) is 2. The van der Waals surface area contributed by atoms with Gasteiger partial charge in [0.05, 0.1) is 11.3 Å². The predicted molar refractivity (Wildman–Crippen MR) is 134 cm³/mol. The van der Waals surface area contributed by atoms with Gasteiger partial charge < -0.3 is 20.1 Å². The number of anilines is 2. The van der Waals surface area contributed by atoms with Crippen LogP contribution in [0.15, 0.2) is 72.8 Å². The Bertz CT molecular complexity index is 1290. The van der Waals surface area contributed by atoms with Gasteiger partial charge in [-0.2, -0.15) is 0 Å². The molecule has 0 bridgehead atoms. The van der Waals surface area contributed by atoms with E-state index in [-0.39, 0.29) is 24.4 Å². The Labute approximate surface area is 211 Å². The van der Waals surface area contributed by atoms with E-state index in [1.54, 1.807) is 36.4 Å². The molecule has 0 atom stereocenters. The quantitative estimate of drug-likeness (QED) is 0.167. The van der Waals surface area contributed by atoms with Gasteiger partial charge in [0.1, 0.15) is 11.5 Å². The molecule has 190 valence electrons. The summed E-state index contributed by atoms with van der Waals surface area (Å²) in [6, 6.07) is 18.1. The fourth-order valence-electron chi connectivity index (χ4n) is 3.06. The van der Waals surface area contributed by atoms with E-state index in [9.17, 15) is 29.3 Å². The number of rotatable bonds is 11. The summed E-state index contributed by atoms with van der Waals surface area (Å²) in [5.41, 5.74) is 1.33. The number of hydrogen-bond acceptors (Lipinski definition) is 8. The highest BCUT2D eigenvalue weighted by atomic mass is 16.6. The van der Waals surface area contributed by atoms with Crippen molar-refractivity contribution in [3.05, 3.63) is 88.5 Å². The number of nitro groups is 1. The van der Waals surface area contributed by atoms with E-state index in [2.05, 4.69) is 10.6 Å². The molecule has 3 rings (SSSR count). The van der Waals surface area contributed by atoms with Crippen LogP contribution in [-0.2, 0) is 19.1 Å². The van der Waals surface area contributed by atoms with Gasteiger partial charge in [0.15, 0.2) is 12.4 Å². The Kier molecular flexibility index (Phi) is 9.03. The second-order valence-corrected chi connectivity index (χ2v) is 7.77. The van der Waals surface area contributed by atoms with Gasteiger partial charge >= 0.3 is 5.97 Å². The SMILES string of the molecule is CC(=O)Nc1ccc(NC(=O)CCC(=O)OCC(=O)c2ccc(Oc3ccc([N+](=O)[O-])cc3)cc2)cc1. The normalized spacial score (nSPS) is 10.2. The number of Topliss-reactive ketones (excluding diaryl/α,β-unsaturated/α-hetero) is 1. The first-order chi connectivity index (χ1) is 17.7. The third-order valence-electron chi connectivity index (χ3n) is 4.87. The van der Waals surface area contributed by atoms with Crippen molar-refractivity contribution >= 4 is 40.6 Å². The standard InChI is InChI=1S/C26H23N3O8/c1-17(30)27-19-4-6-20(7-5-19)28-25(32)14-15-26(33)36-16-24(31)18-2-10-22(11-3-18)37-23-12-8-21(9-13-23)29(34)35/h2-13H,14-16H2,1H3,(H,27,30)(H,28,32). The monoisotopic (exact) mass is 505 g/mol. The fourth-order valence-corrected chi connectivity index (χ4v) is 3.06. The molecule has 0 radical (unpaired) electrons. The van der Waals surface area contributed by atoms with Crippen molar-refractivity contribution in [3.8, 4) is 11.5 Å². The summed E-state index contributed by atoms with van der Waals surface area (Å²) >= 11 is 0. The molecule has 0 aliphatic heterocycles. The topological polar surface area (TPSA) is 154 Å². The summed E-state index contributed by atoms with van der Waals surface area (Å²) < 4.78 is 10.6.